The molecule has 2 aromatic heterocycles. The van der Waals surface area contributed by atoms with Crippen molar-refractivity contribution in [2.45, 2.75) is 19.3 Å². The van der Waals surface area contributed by atoms with Crippen LogP contribution in [0.15, 0.2) is 152 Å². The number of ether oxygens (including phenoxy) is 1. The minimum absolute atomic E-state index is 0.188. The summed E-state index contributed by atoms with van der Waals surface area (Å²) < 4.78 is 8.95. The number of benzene rings is 6. The SMILES string of the molecule is CC1(C)c2ccccc2Oc2cc(N(c3ccc4c(c3)c3ccccc3n4-c3ccccc3)c3cccc4cccnc34)ccc21. The molecule has 0 saturated heterocycles. The van der Waals surface area contributed by atoms with Crippen LogP contribution < -0.4 is 9.64 Å². The van der Waals surface area contributed by atoms with Gasteiger partial charge in [-0.05, 0) is 60.7 Å². The average molecular weight is 594 g/mol. The van der Waals surface area contributed by atoms with Crippen LogP contribution in [-0.2, 0) is 5.41 Å². The van der Waals surface area contributed by atoms with E-state index in [4.69, 9.17) is 9.72 Å². The van der Waals surface area contributed by atoms with E-state index in [-0.39, 0.29) is 5.41 Å². The third-order valence-electron chi connectivity index (χ3n) is 9.46. The van der Waals surface area contributed by atoms with Crippen LogP contribution in [0.2, 0.25) is 0 Å². The monoisotopic (exact) mass is 593 g/mol. The van der Waals surface area contributed by atoms with Crippen LogP contribution in [0.5, 0.6) is 11.5 Å². The molecule has 4 nitrogen and oxygen atoms in total. The lowest BCUT2D eigenvalue weighted by Crippen LogP contribution is -2.24. The Balaban J connectivity index is 1.29. The standard InChI is InChI=1S/C42H31N3O/c1-42(2)34-17-7-9-20-39(34)46-40-27-31(21-23-35(40)42)44(38-19-10-12-28-13-11-25-43-41(28)38)30-22-24-37-33(26-30)32-16-6-8-18-36(32)45(37)29-14-4-3-5-15-29/h3-27H,1-2H3. The molecule has 0 spiro atoms. The van der Waals surface area contributed by atoms with Crippen LogP contribution >= 0.6 is 0 Å². The average Bonchev–Trinajstić information content (AvgIpc) is 3.43. The molecular formula is C42H31N3O. The molecule has 0 bridgehead atoms. The highest BCUT2D eigenvalue weighted by molar-refractivity contribution is 6.11. The zero-order valence-electron chi connectivity index (χ0n) is 25.7. The normalized spacial score (nSPS) is 13.3. The second-order valence-electron chi connectivity index (χ2n) is 12.5. The van der Waals surface area contributed by atoms with Crippen LogP contribution in [0, 0.1) is 0 Å². The first-order chi connectivity index (χ1) is 22.6. The lowest BCUT2D eigenvalue weighted by Gasteiger charge is -2.35. The highest BCUT2D eigenvalue weighted by Gasteiger charge is 2.34. The zero-order chi connectivity index (χ0) is 30.8. The molecule has 46 heavy (non-hydrogen) atoms. The molecule has 0 amide bonds. The van der Waals surface area contributed by atoms with Crippen molar-refractivity contribution in [1.29, 1.82) is 0 Å². The van der Waals surface area contributed by atoms with Gasteiger partial charge in [-0.2, -0.15) is 0 Å². The fourth-order valence-electron chi connectivity index (χ4n) is 7.24. The van der Waals surface area contributed by atoms with E-state index in [1.54, 1.807) is 0 Å². The molecule has 1 aliphatic heterocycles. The number of rotatable bonds is 4. The van der Waals surface area contributed by atoms with Crippen molar-refractivity contribution in [3.8, 4) is 17.2 Å². The van der Waals surface area contributed by atoms with Gasteiger partial charge in [-0.1, -0.05) is 92.7 Å². The van der Waals surface area contributed by atoms with Crippen molar-refractivity contribution in [2.24, 2.45) is 0 Å². The van der Waals surface area contributed by atoms with Gasteiger partial charge in [0.25, 0.3) is 0 Å². The molecule has 9 rings (SSSR count). The molecule has 0 saturated carbocycles. The number of aromatic nitrogens is 2. The lowest BCUT2D eigenvalue weighted by molar-refractivity contribution is 0.418. The molecule has 0 aliphatic carbocycles. The van der Waals surface area contributed by atoms with Gasteiger partial charge in [-0.15, -0.1) is 0 Å². The maximum atomic E-state index is 6.60. The second-order valence-corrected chi connectivity index (χ2v) is 12.5. The molecule has 0 atom stereocenters. The maximum absolute atomic E-state index is 6.60. The number of pyridine rings is 1. The van der Waals surface area contributed by atoms with Gasteiger partial charge in [-0.25, -0.2) is 0 Å². The van der Waals surface area contributed by atoms with Crippen LogP contribution in [0.3, 0.4) is 0 Å². The Bertz CT molecular complexity index is 2440. The molecule has 1 aliphatic rings. The van der Waals surface area contributed by atoms with Crippen LogP contribution in [0.25, 0.3) is 38.4 Å². The number of hydrogen-bond acceptors (Lipinski definition) is 3. The predicted octanol–water partition coefficient (Wildman–Crippen LogP) is 11.2. The van der Waals surface area contributed by atoms with E-state index in [1.807, 2.05) is 18.3 Å². The number of fused-ring (bicyclic) bond motifs is 6. The van der Waals surface area contributed by atoms with Gasteiger partial charge in [0.05, 0.1) is 22.2 Å². The Morgan fingerprint density at radius 1 is 0.587 bits per heavy atom. The summed E-state index contributed by atoms with van der Waals surface area (Å²) in [7, 11) is 0. The molecule has 0 N–H and O–H groups in total. The van der Waals surface area contributed by atoms with Crippen LogP contribution in [0.1, 0.15) is 25.0 Å². The highest BCUT2D eigenvalue weighted by Crippen LogP contribution is 2.50. The van der Waals surface area contributed by atoms with Crippen LogP contribution in [-0.4, -0.2) is 9.55 Å². The largest absolute Gasteiger partial charge is 0.457 e. The summed E-state index contributed by atoms with van der Waals surface area (Å²) >= 11 is 0. The quantitative estimate of drug-likeness (QED) is 0.203. The molecule has 8 aromatic rings. The summed E-state index contributed by atoms with van der Waals surface area (Å²) in [6, 6.07) is 51.5. The Kier molecular flexibility index (Phi) is 5.81. The predicted molar refractivity (Wildman–Crippen MR) is 189 cm³/mol. The fraction of sp³-hybridized carbons (Fsp3) is 0.0714. The first-order valence-electron chi connectivity index (χ1n) is 15.7. The zero-order valence-corrected chi connectivity index (χ0v) is 25.7. The van der Waals surface area contributed by atoms with Crippen molar-refractivity contribution < 1.29 is 4.74 Å². The second kappa shape index (κ2) is 10.1. The number of hydrogen-bond donors (Lipinski definition) is 0. The minimum Gasteiger partial charge on any atom is -0.457 e. The smallest absolute Gasteiger partial charge is 0.133 e. The molecule has 0 fully saturated rings. The lowest BCUT2D eigenvalue weighted by atomic mass is 9.76. The Morgan fingerprint density at radius 3 is 2.22 bits per heavy atom. The highest BCUT2D eigenvalue weighted by atomic mass is 16.5. The number of anilines is 3. The van der Waals surface area contributed by atoms with E-state index < -0.39 is 0 Å². The van der Waals surface area contributed by atoms with E-state index in [9.17, 15) is 0 Å². The van der Waals surface area contributed by atoms with Crippen LogP contribution in [0.4, 0.5) is 17.1 Å². The van der Waals surface area contributed by atoms with E-state index in [1.165, 1.54) is 32.9 Å². The van der Waals surface area contributed by atoms with E-state index >= 15 is 0 Å². The summed E-state index contributed by atoms with van der Waals surface area (Å²) in [5.41, 5.74) is 9.70. The minimum atomic E-state index is -0.188. The fourth-order valence-corrected chi connectivity index (χ4v) is 7.24. The van der Waals surface area contributed by atoms with Crippen molar-refractivity contribution in [3.05, 3.63) is 163 Å². The van der Waals surface area contributed by atoms with Gasteiger partial charge < -0.3 is 14.2 Å². The van der Waals surface area contributed by atoms with E-state index in [0.717, 1.165) is 45.2 Å². The molecule has 6 aromatic carbocycles. The number of para-hydroxylation sites is 4. The summed E-state index contributed by atoms with van der Waals surface area (Å²) in [5.74, 6) is 1.78. The number of nitrogens with zero attached hydrogens (tertiary/aromatic N) is 3. The summed E-state index contributed by atoms with van der Waals surface area (Å²) in [6.07, 6.45) is 1.87. The molecular weight excluding hydrogens is 562 g/mol. The Hall–Kier alpha value is -5.87. The topological polar surface area (TPSA) is 30.3 Å². The summed E-state index contributed by atoms with van der Waals surface area (Å²) in [6.45, 7) is 4.55. The first-order valence-corrected chi connectivity index (χ1v) is 15.7. The molecule has 0 radical (unpaired) electrons. The third kappa shape index (κ3) is 3.97. The van der Waals surface area contributed by atoms with Gasteiger partial charge in [0.1, 0.15) is 11.5 Å². The Labute approximate surface area is 267 Å². The van der Waals surface area contributed by atoms with E-state index in [2.05, 4.69) is 157 Å². The van der Waals surface area contributed by atoms with Gasteiger partial charge >= 0.3 is 0 Å². The van der Waals surface area contributed by atoms with Crippen molar-refractivity contribution in [2.75, 3.05) is 4.90 Å². The molecule has 220 valence electrons. The molecule has 0 unspecified atom stereocenters. The van der Waals surface area contributed by atoms with Crippen molar-refractivity contribution in [1.82, 2.24) is 9.55 Å². The molecule has 4 heteroatoms. The van der Waals surface area contributed by atoms with E-state index in [0.29, 0.717) is 0 Å². The molecule has 3 heterocycles. The van der Waals surface area contributed by atoms with Gasteiger partial charge in [0.2, 0.25) is 0 Å². The maximum Gasteiger partial charge on any atom is 0.133 e. The first kappa shape index (κ1) is 26.5. The summed E-state index contributed by atoms with van der Waals surface area (Å²) in [4.78, 5) is 7.19. The van der Waals surface area contributed by atoms with Gasteiger partial charge in [0, 0.05) is 62.0 Å². The van der Waals surface area contributed by atoms with Gasteiger partial charge in [0.15, 0.2) is 0 Å². The Morgan fingerprint density at radius 2 is 1.30 bits per heavy atom. The van der Waals surface area contributed by atoms with Gasteiger partial charge in [-0.3, -0.25) is 4.98 Å². The van der Waals surface area contributed by atoms with Crippen molar-refractivity contribution >= 4 is 49.8 Å². The van der Waals surface area contributed by atoms with Crippen molar-refractivity contribution in [3.63, 3.8) is 0 Å². The summed E-state index contributed by atoms with van der Waals surface area (Å²) in [5, 5.41) is 3.50. The third-order valence-corrected chi connectivity index (χ3v) is 9.46.